The summed E-state index contributed by atoms with van der Waals surface area (Å²) in [5, 5.41) is 12.2. The third-order valence-electron chi connectivity index (χ3n) is 3.79. The van der Waals surface area contributed by atoms with Crippen LogP contribution in [0.15, 0.2) is 59.1 Å². The van der Waals surface area contributed by atoms with Gasteiger partial charge >= 0.3 is 0 Å². The first-order valence-corrected chi connectivity index (χ1v) is 9.45. The highest BCUT2D eigenvalue weighted by atomic mass is 79.9. The number of allylic oxidation sites excluding steroid dienone is 1. The van der Waals surface area contributed by atoms with Crippen LogP contribution in [0.2, 0.25) is 0 Å². The molecule has 0 spiro atoms. The first kappa shape index (κ1) is 21.3. The van der Waals surface area contributed by atoms with Gasteiger partial charge in [-0.1, -0.05) is 28.1 Å². The van der Waals surface area contributed by atoms with Gasteiger partial charge in [-0.2, -0.15) is 5.26 Å². The molecule has 2 aromatic carbocycles. The molecule has 0 bridgehead atoms. The molecule has 0 saturated carbocycles. The number of hydrogen-bond acceptors (Lipinski definition) is 4. The van der Waals surface area contributed by atoms with Crippen molar-refractivity contribution in [3.63, 3.8) is 0 Å². The molecule has 2 aromatic rings. The van der Waals surface area contributed by atoms with Gasteiger partial charge in [-0.05, 0) is 55.3 Å². The Hall–Kier alpha value is -3.04. The first-order chi connectivity index (χ1) is 13.5. The molecule has 0 radical (unpaired) electrons. The Morgan fingerprint density at radius 3 is 2.75 bits per heavy atom. The first-order valence-electron chi connectivity index (χ1n) is 8.65. The van der Waals surface area contributed by atoms with E-state index in [1.807, 2.05) is 25.1 Å². The number of benzene rings is 2. The van der Waals surface area contributed by atoms with Crippen molar-refractivity contribution in [3.05, 3.63) is 70.2 Å². The highest BCUT2D eigenvalue weighted by Crippen LogP contribution is 2.34. The molecule has 2 rings (SSSR count). The molecule has 1 amide bonds. The number of carbonyl (C=O) groups excluding carboxylic acids is 1. The zero-order chi connectivity index (χ0) is 20.5. The van der Waals surface area contributed by atoms with Crippen molar-refractivity contribution in [2.45, 2.75) is 13.3 Å². The van der Waals surface area contributed by atoms with Crippen LogP contribution >= 0.6 is 15.9 Å². The fourth-order valence-electron chi connectivity index (χ4n) is 2.61. The second-order valence-corrected chi connectivity index (χ2v) is 6.69. The average molecular weight is 441 g/mol. The minimum Gasteiger partial charge on any atom is -0.493 e. The van der Waals surface area contributed by atoms with Gasteiger partial charge in [0.1, 0.15) is 11.6 Å². The molecule has 0 aliphatic rings. The highest BCUT2D eigenvalue weighted by molar-refractivity contribution is 9.10. The van der Waals surface area contributed by atoms with Crippen molar-refractivity contribution in [1.29, 1.82) is 5.26 Å². The van der Waals surface area contributed by atoms with Crippen molar-refractivity contribution in [2.75, 3.05) is 19.0 Å². The lowest BCUT2D eigenvalue weighted by Crippen LogP contribution is -2.13. The second kappa shape index (κ2) is 10.3. The summed E-state index contributed by atoms with van der Waals surface area (Å²) in [4.78, 5) is 12.5. The number of carbonyl (C=O) groups is 1. The predicted octanol–water partition coefficient (Wildman–Crippen LogP) is 5.13. The molecule has 144 valence electrons. The van der Waals surface area contributed by atoms with Crippen LogP contribution in [0, 0.1) is 11.3 Å². The molecule has 0 heterocycles. The van der Waals surface area contributed by atoms with E-state index in [2.05, 4.69) is 27.8 Å². The molecule has 0 aliphatic carbocycles. The summed E-state index contributed by atoms with van der Waals surface area (Å²) in [6, 6.07) is 12.7. The number of rotatable bonds is 8. The lowest BCUT2D eigenvalue weighted by molar-refractivity contribution is -0.112. The van der Waals surface area contributed by atoms with E-state index in [0.29, 0.717) is 35.8 Å². The fraction of sp³-hybridized carbons (Fsp3) is 0.182. The average Bonchev–Trinajstić information content (AvgIpc) is 2.67. The van der Waals surface area contributed by atoms with E-state index in [4.69, 9.17) is 9.47 Å². The lowest BCUT2D eigenvalue weighted by Gasteiger charge is -2.15. The van der Waals surface area contributed by atoms with Crippen molar-refractivity contribution < 1.29 is 14.3 Å². The maximum Gasteiger partial charge on any atom is 0.266 e. The van der Waals surface area contributed by atoms with Gasteiger partial charge in [-0.3, -0.25) is 4.79 Å². The van der Waals surface area contributed by atoms with E-state index in [0.717, 1.165) is 10.0 Å². The van der Waals surface area contributed by atoms with Crippen LogP contribution in [0.25, 0.3) is 6.08 Å². The lowest BCUT2D eigenvalue weighted by atomic mass is 10.0. The predicted molar refractivity (Wildman–Crippen MR) is 114 cm³/mol. The van der Waals surface area contributed by atoms with Gasteiger partial charge < -0.3 is 14.8 Å². The Kier molecular flexibility index (Phi) is 7.85. The van der Waals surface area contributed by atoms with Crippen LogP contribution in [-0.2, 0) is 11.2 Å². The normalized spacial score (nSPS) is 10.7. The summed E-state index contributed by atoms with van der Waals surface area (Å²) < 4.78 is 12.0. The monoisotopic (exact) mass is 440 g/mol. The van der Waals surface area contributed by atoms with Crippen molar-refractivity contribution >= 4 is 33.6 Å². The topological polar surface area (TPSA) is 71.4 Å². The van der Waals surface area contributed by atoms with E-state index in [1.54, 1.807) is 37.5 Å². The number of nitrogens with zero attached hydrogens (tertiary/aromatic N) is 1. The minimum atomic E-state index is -0.487. The summed E-state index contributed by atoms with van der Waals surface area (Å²) in [5.74, 6) is 0.690. The Labute approximate surface area is 173 Å². The zero-order valence-electron chi connectivity index (χ0n) is 15.8. The SMILES string of the molecule is C=CCc1cc(/C=C(/C#N)C(=O)Nc2cccc(Br)c2)cc(OC)c1OCC. The number of nitriles is 1. The minimum absolute atomic E-state index is 0.0178. The van der Waals surface area contributed by atoms with E-state index in [1.165, 1.54) is 6.08 Å². The van der Waals surface area contributed by atoms with E-state index in [-0.39, 0.29) is 5.57 Å². The Bertz CT molecular complexity index is 945. The molecular weight excluding hydrogens is 420 g/mol. The molecule has 0 aromatic heterocycles. The molecule has 28 heavy (non-hydrogen) atoms. The summed E-state index contributed by atoms with van der Waals surface area (Å²) in [5.41, 5.74) is 2.11. The van der Waals surface area contributed by atoms with Crippen molar-refractivity contribution in [1.82, 2.24) is 0 Å². The fourth-order valence-corrected chi connectivity index (χ4v) is 3.01. The van der Waals surface area contributed by atoms with Crippen LogP contribution in [-0.4, -0.2) is 19.6 Å². The van der Waals surface area contributed by atoms with Gasteiger partial charge in [0, 0.05) is 15.7 Å². The Morgan fingerprint density at radius 2 is 2.14 bits per heavy atom. The molecule has 1 N–H and O–H groups in total. The van der Waals surface area contributed by atoms with E-state index >= 15 is 0 Å². The van der Waals surface area contributed by atoms with Gasteiger partial charge in [0.05, 0.1) is 13.7 Å². The molecule has 0 fully saturated rings. The Balaban J connectivity index is 2.39. The van der Waals surface area contributed by atoms with Gasteiger partial charge in [-0.15, -0.1) is 6.58 Å². The van der Waals surface area contributed by atoms with Crippen LogP contribution in [0.1, 0.15) is 18.1 Å². The van der Waals surface area contributed by atoms with E-state index < -0.39 is 5.91 Å². The highest BCUT2D eigenvalue weighted by Gasteiger charge is 2.14. The second-order valence-electron chi connectivity index (χ2n) is 5.77. The quantitative estimate of drug-likeness (QED) is 0.350. The van der Waals surface area contributed by atoms with Crippen LogP contribution in [0.4, 0.5) is 5.69 Å². The molecule has 5 nitrogen and oxygen atoms in total. The zero-order valence-corrected chi connectivity index (χ0v) is 17.4. The van der Waals surface area contributed by atoms with Gasteiger partial charge in [-0.25, -0.2) is 0 Å². The maximum absolute atomic E-state index is 12.5. The summed E-state index contributed by atoms with van der Waals surface area (Å²) in [7, 11) is 1.55. The summed E-state index contributed by atoms with van der Waals surface area (Å²) >= 11 is 3.35. The molecule has 0 unspecified atom stereocenters. The third kappa shape index (κ3) is 5.48. The van der Waals surface area contributed by atoms with Crippen molar-refractivity contribution in [2.24, 2.45) is 0 Å². The van der Waals surface area contributed by atoms with Crippen molar-refractivity contribution in [3.8, 4) is 17.6 Å². The molecule has 6 heteroatoms. The van der Waals surface area contributed by atoms with Gasteiger partial charge in [0.15, 0.2) is 11.5 Å². The smallest absolute Gasteiger partial charge is 0.266 e. The number of nitrogens with one attached hydrogen (secondary N) is 1. The largest absolute Gasteiger partial charge is 0.493 e. The number of halogens is 1. The number of anilines is 1. The Morgan fingerprint density at radius 1 is 1.36 bits per heavy atom. The van der Waals surface area contributed by atoms with Crippen LogP contribution < -0.4 is 14.8 Å². The molecule has 0 aliphatic heterocycles. The van der Waals surface area contributed by atoms with Gasteiger partial charge in [0.25, 0.3) is 5.91 Å². The molecule has 0 atom stereocenters. The third-order valence-corrected chi connectivity index (χ3v) is 4.28. The van der Waals surface area contributed by atoms with Crippen LogP contribution in [0.5, 0.6) is 11.5 Å². The standard InChI is InChI=1S/C22H21BrN2O3/c1-4-7-16-10-15(12-20(27-3)21(16)28-5-2)11-17(14-24)22(26)25-19-9-6-8-18(23)13-19/h4,6,8-13H,1,5,7H2,2-3H3,(H,25,26)/b17-11-. The number of ether oxygens (including phenoxy) is 2. The van der Waals surface area contributed by atoms with E-state index in [9.17, 15) is 10.1 Å². The molecule has 0 saturated heterocycles. The number of amides is 1. The summed E-state index contributed by atoms with van der Waals surface area (Å²) in [6.07, 6.45) is 3.85. The number of hydrogen-bond donors (Lipinski definition) is 1. The number of methoxy groups -OCH3 is 1. The van der Waals surface area contributed by atoms with Crippen LogP contribution in [0.3, 0.4) is 0 Å². The maximum atomic E-state index is 12.5. The molecular formula is C22H21BrN2O3. The van der Waals surface area contributed by atoms with Gasteiger partial charge in [0.2, 0.25) is 0 Å². The summed E-state index contributed by atoms with van der Waals surface area (Å²) in [6.45, 7) is 6.16.